The molecule has 0 radical (unpaired) electrons. The molecule has 96 valence electrons. The quantitative estimate of drug-likeness (QED) is 0.441. The predicted molar refractivity (Wildman–Crippen MR) is 72.8 cm³/mol. The number of nitriles is 1. The molecule has 0 aliphatic carbocycles. The van der Waals surface area contributed by atoms with Crippen molar-refractivity contribution in [3.63, 3.8) is 0 Å². The Morgan fingerprint density at radius 2 is 1.12 bits per heavy atom. The third-order valence-electron chi connectivity index (χ3n) is 3.46. The third kappa shape index (κ3) is 3.70. The summed E-state index contributed by atoms with van der Waals surface area (Å²) in [5.74, 6) is 0. The Morgan fingerprint density at radius 3 is 1.31 bits per heavy atom. The number of hydrogen-bond donors (Lipinski definition) is 0. The fraction of sp³-hybridized carbons (Fsp3) is 0.923. The molecule has 0 aliphatic rings. The summed E-state index contributed by atoms with van der Waals surface area (Å²) in [4.78, 5) is 0. The molecular weight excluding hydrogens is 261 g/mol. The van der Waals surface area contributed by atoms with E-state index in [1.54, 1.807) is 0 Å². The Kier molecular flexibility index (Phi) is 7.16. The Hall–Kier alpha value is -0.152. The van der Waals surface area contributed by atoms with Crippen molar-refractivity contribution in [1.29, 1.82) is 5.26 Å². The van der Waals surface area contributed by atoms with E-state index in [0.717, 1.165) is 25.7 Å². The van der Waals surface area contributed by atoms with Gasteiger partial charge in [-0.2, -0.15) is 0 Å². The van der Waals surface area contributed by atoms with Crippen molar-refractivity contribution in [2.45, 2.75) is 74.2 Å². The van der Waals surface area contributed by atoms with E-state index in [1.807, 2.05) is 0 Å². The topological polar surface area (TPSA) is 33.0 Å². The van der Waals surface area contributed by atoms with Gasteiger partial charge < -0.3 is 0 Å². The van der Waals surface area contributed by atoms with E-state index in [-0.39, 0.29) is 0 Å². The Bertz CT molecular complexity index is 199. The zero-order valence-corrected chi connectivity index (χ0v) is 13.3. The molecule has 0 N–H and O–H groups in total. The van der Waals surface area contributed by atoms with E-state index in [2.05, 4.69) is 34.0 Å². The Balaban J connectivity index is 5.19. The first kappa shape index (κ1) is 15.8. The van der Waals surface area contributed by atoms with E-state index in [1.165, 1.54) is 20.8 Å². The second-order valence-corrected chi connectivity index (χ2v) is 16.9. The zero-order chi connectivity index (χ0) is 12.5. The molecule has 0 spiro atoms. The summed E-state index contributed by atoms with van der Waals surface area (Å²) in [6, 6.07) is 0. The number of hydrogen-bond acceptors (Lipinski definition) is 2. The summed E-state index contributed by atoms with van der Waals surface area (Å²) in [6.07, 6.45) is 6.71. The molecule has 0 heterocycles. The van der Waals surface area contributed by atoms with Crippen molar-refractivity contribution in [3.8, 4) is 6.26 Å². The molecule has 16 heavy (non-hydrogen) atoms. The van der Waals surface area contributed by atoms with Crippen LogP contribution in [0.1, 0.15) is 53.4 Å². The summed E-state index contributed by atoms with van der Waals surface area (Å²) in [5, 5.41) is 13.8. The molecule has 0 saturated heterocycles. The molecule has 0 aromatic rings. The summed E-state index contributed by atoms with van der Waals surface area (Å²) >= 11 is -2.79. The molecule has 0 aliphatic heterocycles. The van der Waals surface area contributed by atoms with Crippen LogP contribution in [-0.4, -0.2) is 12.8 Å². The van der Waals surface area contributed by atoms with Gasteiger partial charge in [0, 0.05) is 0 Å². The molecule has 0 amide bonds. The van der Waals surface area contributed by atoms with Crippen molar-refractivity contribution >= 4 is 12.8 Å². The second-order valence-electron chi connectivity index (χ2n) is 4.94. The van der Waals surface area contributed by atoms with Crippen LogP contribution in [0, 0.1) is 11.5 Å². The summed E-state index contributed by atoms with van der Waals surface area (Å²) in [5.41, 5.74) is 0. The van der Waals surface area contributed by atoms with Gasteiger partial charge in [-0.05, 0) is 0 Å². The summed E-state index contributed by atoms with van der Waals surface area (Å²) < 4.78 is 5.86. The first-order chi connectivity index (χ1) is 7.62. The normalized spacial score (nSPS) is 13.8. The number of nitrogens with zero attached hydrogens (tertiary/aromatic N) is 1. The van der Waals surface area contributed by atoms with Crippen LogP contribution in [0.5, 0.6) is 0 Å². The van der Waals surface area contributed by atoms with Gasteiger partial charge in [0.15, 0.2) is 0 Å². The van der Waals surface area contributed by atoms with E-state index in [0.29, 0.717) is 0 Å². The van der Waals surface area contributed by atoms with Gasteiger partial charge in [-0.3, -0.25) is 0 Å². The SMILES string of the molecule is CCC[As](CCC)(CCC)(CCC)OC#N. The maximum atomic E-state index is 9.05. The molecule has 3 heteroatoms. The zero-order valence-electron chi connectivity index (χ0n) is 11.5. The summed E-state index contributed by atoms with van der Waals surface area (Å²) in [6.45, 7) is 8.89. The van der Waals surface area contributed by atoms with Gasteiger partial charge >= 0.3 is 102 Å². The first-order valence-electron chi connectivity index (χ1n) is 6.70. The Morgan fingerprint density at radius 1 is 0.812 bits per heavy atom. The minimum absolute atomic E-state index is 1.16. The fourth-order valence-electron chi connectivity index (χ4n) is 3.23. The molecule has 0 saturated carbocycles. The van der Waals surface area contributed by atoms with E-state index >= 15 is 0 Å². The average molecular weight is 289 g/mol. The molecule has 0 atom stereocenters. The van der Waals surface area contributed by atoms with E-state index in [4.69, 9.17) is 8.99 Å². The van der Waals surface area contributed by atoms with Crippen LogP contribution in [0.2, 0.25) is 20.8 Å². The van der Waals surface area contributed by atoms with Gasteiger partial charge in [0.1, 0.15) is 0 Å². The van der Waals surface area contributed by atoms with Crippen molar-refractivity contribution < 1.29 is 3.73 Å². The van der Waals surface area contributed by atoms with Crippen LogP contribution in [0.4, 0.5) is 0 Å². The maximum absolute atomic E-state index is 9.05. The first-order valence-corrected chi connectivity index (χ1v) is 12.8. The van der Waals surface area contributed by atoms with Gasteiger partial charge in [-0.1, -0.05) is 0 Å². The molecule has 0 aromatic heterocycles. The van der Waals surface area contributed by atoms with Gasteiger partial charge in [-0.15, -0.1) is 0 Å². The van der Waals surface area contributed by atoms with Crippen LogP contribution in [0.15, 0.2) is 0 Å². The molecular formula is C13H28AsNO. The molecule has 0 bridgehead atoms. The average Bonchev–Trinajstić information content (AvgIpc) is 2.19. The fourth-order valence-corrected chi connectivity index (χ4v) is 16.8. The van der Waals surface area contributed by atoms with Crippen LogP contribution in [-0.2, 0) is 3.73 Å². The van der Waals surface area contributed by atoms with Gasteiger partial charge in [0.05, 0.1) is 0 Å². The standard InChI is InChI=1S/C13H28AsNO/c1-5-9-14(10-6-2,11-7-3,12-8-4)16-13-15/h5-12H2,1-4H3. The van der Waals surface area contributed by atoms with Crippen LogP contribution in [0.3, 0.4) is 0 Å². The Labute approximate surface area is 102 Å². The van der Waals surface area contributed by atoms with Crippen LogP contribution < -0.4 is 0 Å². The van der Waals surface area contributed by atoms with Gasteiger partial charge in [-0.25, -0.2) is 0 Å². The predicted octanol–water partition coefficient (Wildman–Crippen LogP) is 5.02. The second kappa shape index (κ2) is 7.23. The third-order valence-corrected chi connectivity index (χ3v) is 18.0. The van der Waals surface area contributed by atoms with Crippen molar-refractivity contribution in [2.24, 2.45) is 0 Å². The molecule has 2 nitrogen and oxygen atoms in total. The van der Waals surface area contributed by atoms with Crippen molar-refractivity contribution in [1.82, 2.24) is 0 Å². The van der Waals surface area contributed by atoms with Crippen molar-refractivity contribution in [3.05, 3.63) is 0 Å². The van der Waals surface area contributed by atoms with Crippen molar-refractivity contribution in [2.75, 3.05) is 0 Å². The monoisotopic (exact) mass is 289 g/mol. The van der Waals surface area contributed by atoms with Crippen LogP contribution in [0.25, 0.3) is 0 Å². The van der Waals surface area contributed by atoms with Gasteiger partial charge in [0.2, 0.25) is 0 Å². The molecule has 0 aromatic carbocycles. The molecule has 0 unspecified atom stereocenters. The molecule has 0 fully saturated rings. The number of rotatable bonds is 9. The van der Waals surface area contributed by atoms with E-state index in [9.17, 15) is 0 Å². The van der Waals surface area contributed by atoms with Crippen LogP contribution >= 0.6 is 0 Å². The minimum atomic E-state index is -2.79. The molecule has 0 rings (SSSR count). The van der Waals surface area contributed by atoms with E-state index < -0.39 is 12.8 Å². The summed E-state index contributed by atoms with van der Waals surface area (Å²) in [7, 11) is 0. The van der Waals surface area contributed by atoms with Gasteiger partial charge in [0.25, 0.3) is 0 Å².